The number of amides is 1. The highest BCUT2D eigenvalue weighted by Crippen LogP contribution is 2.38. The molecule has 0 aromatic rings. The minimum absolute atomic E-state index is 0.00581. The summed E-state index contributed by atoms with van der Waals surface area (Å²) in [6.45, 7) is 4.54. The number of phosphoric acid groups is 1. The number of nitrogens with one attached hydrogen (secondary N) is 1. The molecule has 9 heteroatoms. The molecule has 0 spiro atoms. The summed E-state index contributed by atoms with van der Waals surface area (Å²) < 4.78 is 23.2. The highest BCUT2D eigenvalue weighted by molar-refractivity contribution is 7.45. The Bertz CT molecular complexity index is 1560. The molecule has 3 atom stereocenters. The molecule has 0 aromatic heterocycles. The summed E-state index contributed by atoms with van der Waals surface area (Å²) in [6.07, 6.45) is 76.9. The lowest BCUT2D eigenvalue weighted by Gasteiger charge is -2.30. The van der Waals surface area contributed by atoms with Gasteiger partial charge in [-0.25, -0.2) is 0 Å². The normalized spacial score (nSPS) is 14.9. The first-order valence-corrected chi connectivity index (χ1v) is 29.8. The first-order chi connectivity index (χ1) is 34.5. The number of carbonyl (C=O) groups excluding carboxylic acids is 1. The predicted molar refractivity (Wildman–Crippen MR) is 306 cm³/mol. The summed E-state index contributed by atoms with van der Waals surface area (Å²) >= 11 is 0. The minimum Gasteiger partial charge on any atom is -0.756 e. The molecule has 0 heterocycles. The van der Waals surface area contributed by atoms with Crippen molar-refractivity contribution in [2.45, 2.75) is 225 Å². The zero-order chi connectivity index (χ0) is 52.0. The molecule has 2 N–H and O–H groups in total. The first-order valence-electron chi connectivity index (χ1n) is 28.4. The van der Waals surface area contributed by atoms with Crippen molar-refractivity contribution in [1.29, 1.82) is 0 Å². The van der Waals surface area contributed by atoms with Crippen LogP contribution in [0.4, 0.5) is 0 Å². The molecule has 3 unspecified atom stereocenters. The maximum atomic E-state index is 12.9. The van der Waals surface area contributed by atoms with Gasteiger partial charge < -0.3 is 28.8 Å². The number of carbonyl (C=O) groups is 1. The van der Waals surface area contributed by atoms with Gasteiger partial charge in [-0.2, -0.15) is 0 Å². The Kier molecular flexibility index (Phi) is 49.5. The van der Waals surface area contributed by atoms with Crippen LogP contribution in [0.15, 0.2) is 122 Å². The summed E-state index contributed by atoms with van der Waals surface area (Å²) in [5.41, 5.74) is 0. The first kappa shape index (κ1) is 67.9. The molecule has 1 amide bonds. The number of rotatable bonds is 50. The maximum absolute atomic E-state index is 12.9. The van der Waals surface area contributed by atoms with Gasteiger partial charge in [-0.1, -0.05) is 238 Å². The van der Waals surface area contributed by atoms with Gasteiger partial charge in [-0.3, -0.25) is 9.36 Å². The van der Waals surface area contributed by atoms with E-state index < -0.39 is 20.0 Å². The molecular formula is C62H107N2O6P. The third kappa shape index (κ3) is 54.5. The van der Waals surface area contributed by atoms with Gasteiger partial charge in [0.1, 0.15) is 13.2 Å². The highest BCUT2D eigenvalue weighted by Gasteiger charge is 2.24. The van der Waals surface area contributed by atoms with Crippen LogP contribution in [0.1, 0.15) is 213 Å². The summed E-state index contributed by atoms with van der Waals surface area (Å²) in [5.74, 6) is -0.178. The van der Waals surface area contributed by atoms with Crippen molar-refractivity contribution in [1.82, 2.24) is 5.32 Å². The molecular weight excluding hydrogens is 900 g/mol. The van der Waals surface area contributed by atoms with Crippen molar-refractivity contribution in [2.75, 3.05) is 40.9 Å². The summed E-state index contributed by atoms with van der Waals surface area (Å²) in [5, 5.41) is 13.9. The van der Waals surface area contributed by atoms with Gasteiger partial charge in [0.05, 0.1) is 39.9 Å². The van der Waals surface area contributed by atoms with E-state index >= 15 is 0 Å². The average molecular weight is 1010 g/mol. The Hall–Kier alpha value is -3.10. The molecule has 0 aromatic carbocycles. The number of hydrogen-bond donors (Lipinski definition) is 2. The fourth-order valence-corrected chi connectivity index (χ4v) is 8.26. The Morgan fingerprint density at radius 1 is 0.507 bits per heavy atom. The van der Waals surface area contributed by atoms with Crippen LogP contribution in [0.3, 0.4) is 0 Å². The van der Waals surface area contributed by atoms with E-state index in [4.69, 9.17) is 9.05 Å². The number of unbranched alkanes of at least 4 members (excludes halogenated alkanes) is 17. The standard InChI is InChI=1S/C62H107N2O6P/c1-6-8-10-12-14-16-17-18-19-20-21-22-23-24-25-26-27-28-29-30-31-32-33-34-35-36-37-38-39-40-41-42-43-44-45-46-47-48-50-52-54-56-62(66)63-60(59-70-71(67,68)69-58-57-64(3,4)5)61(65)55-53-51-49-15-13-11-9-7-2/h8,10,14,16,18-19,21-22,24-25,27-28,30-31,33-34,36-37,39-40,60-61,65H,6-7,9,11-13,15,17,20,23,26,29,32,35,38,41-59H2,1-5H3,(H-,63,66,67,68)/b10-8-,16-14-,19-18-,22-21-,25-24-,28-27-,31-30-,34-33-,37-36-,40-39-. The molecule has 0 saturated heterocycles. The molecule has 0 saturated carbocycles. The average Bonchev–Trinajstić information content (AvgIpc) is 3.33. The zero-order valence-corrected chi connectivity index (χ0v) is 47.0. The summed E-state index contributed by atoms with van der Waals surface area (Å²) in [6, 6.07) is -0.807. The summed E-state index contributed by atoms with van der Waals surface area (Å²) in [7, 11) is 1.28. The van der Waals surface area contributed by atoms with Crippen LogP contribution in [0.2, 0.25) is 0 Å². The van der Waals surface area contributed by atoms with E-state index in [-0.39, 0.29) is 19.1 Å². The Labute approximate surface area is 437 Å². The quantitative estimate of drug-likeness (QED) is 0.0272. The fraction of sp³-hybridized carbons (Fsp3) is 0.661. The van der Waals surface area contributed by atoms with E-state index in [9.17, 15) is 19.4 Å². The van der Waals surface area contributed by atoms with Gasteiger partial charge in [0.15, 0.2) is 0 Å². The van der Waals surface area contributed by atoms with E-state index in [2.05, 4.69) is 141 Å². The Morgan fingerprint density at radius 3 is 1.25 bits per heavy atom. The molecule has 0 radical (unpaired) electrons. The van der Waals surface area contributed by atoms with Crippen LogP contribution < -0.4 is 10.2 Å². The van der Waals surface area contributed by atoms with E-state index in [1.165, 1.54) is 77.0 Å². The molecule has 0 aliphatic carbocycles. The number of likely N-dealkylation sites (N-methyl/N-ethyl adjacent to an activating group) is 1. The molecule has 0 rings (SSSR count). The van der Waals surface area contributed by atoms with Crippen molar-refractivity contribution < 1.29 is 32.9 Å². The van der Waals surface area contributed by atoms with Crippen LogP contribution in [0.5, 0.6) is 0 Å². The second-order valence-corrected chi connectivity index (χ2v) is 21.3. The van der Waals surface area contributed by atoms with Crippen molar-refractivity contribution in [3.05, 3.63) is 122 Å². The lowest BCUT2D eigenvalue weighted by atomic mass is 10.0. The molecule has 0 bridgehead atoms. The van der Waals surface area contributed by atoms with Crippen LogP contribution in [0.25, 0.3) is 0 Å². The van der Waals surface area contributed by atoms with Gasteiger partial charge in [-0.15, -0.1) is 0 Å². The van der Waals surface area contributed by atoms with Crippen molar-refractivity contribution >= 4 is 13.7 Å². The molecule has 8 nitrogen and oxygen atoms in total. The van der Waals surface area contributed by atoms with Gasteiger partial charge >= 0.3 is 0 Å². The number of phosphoric ester groups is 1. The van der Waals surface area contributed by atoms with Crippen molar-refractivity contribution in [2.24, 2.45) is 0 Å². The third-order valence-electron chi connectivity index (χ3n) is 12.0. The highest BCUT2D eigenvalue weighted by atomic mass is 31.2. The smallest absolute Gasteiger partial charge is 0.268 e. The monoisotopic (exact) mass is 1010 g/mol. The lowest BCUT2D eigenvalue weighted by molar-refractivity contribution is -0.870. The van der Waals surface area contributed by atoms with Crippen LogP contribution >= 0.6 is 7.82 Å². The largest absolute Gasteiger partial charge is 0.756 e. The maximum Gasteiger partial charge on any atom is 0.268 e. The molecule has 0 aliphatic heterocycles. The van der Waals surface area contributed by atoms with Crippen LogP contribution in [-0.2, 0) is 18.4 Å². The number of quaternary nitrogens is 1. The Morgan fingerprint density at radius 2 is 0.859 bits per heavy atom. The van der Waals surface area contributed by atoms with Crippen LogP contribution in [0, 0.1) is 0 Å². The predicted octanol–water partition coefficient (Wildman–Crippen LogP) is 16.7. The zero-order valence-electron chi connectivity index (χ0n) is 46.1. The van der Waals surface area contributed by atoms with Gasteiger partial charge in [0.25, 0.3) is 7.82 Å². The van der Waals surface area contributed by atoms with Crippen molar-refractivity contribution in [3.8, 4) is 0 Å². The van der Waals surface area contributed by atoms with Crippen molar-refractivity contribution in [3.63, 3.8) is 0 Å². The Balaban J connectivity index is 3.97. The van der Waals surface area contributed by atoms with Gasteiger partial charge in [0, 0.05) is 6.42 Å². The fourth-order valence-electron chi connectivity index (χ4n) is 7.54. The number of allylic oxidation sites excluding steroid dienone is 20. The van der Waals surface area contributed by atoms with Gasteiger partial charge in [0.2, 0.25) is 5.91 Å². The van der Waals surface area contributed by atoms with E-state index in [0.29, 0.717) is 23.9 Å². The topological polar surface area (TPSA) is 108 Å². The number of nitrogens with zero attached hydrogens (tertiary/aromatic N) is 1. The van der Waals surface area contributed by atoms with Crippen LogP contribution in [-0.4, -0.2) is 68.5 Å². The number of aliphatic hydroxyl groups excluding tert-OH is 1. The van der Waals surface area contributed by atoms with E-state index in [1.807, 2.05) is 21.1 Å². The third-order valence-corrected chi connectivity index (χ3v) is 12.9. The summed E-state index contributed by atoms with van der Waals surface area (Å²) in [4.78, 5) is 25.3. The SMILES string of the molecule is CC/C=C\C/C=C\C/C=C\C/C=C\C/C=C\C/C=C\C/C=C\C/C=C\C/C=C\C/C=C\CCCCCCCCCCCCC(=O)NC(COP(=O)([O-])OCC[N+](C)(C)C)C(O)CCCCCCCCCC. The second-order valence-electron chi connectivity index (χ2n) is 19.9. The number of aliphatic hydroxyl groups is 1. The lowest BCUT2D eigenvalue weighted by Crippen LogP contribution is -2.46. The molecule has 71 heavy (non-hydrogen) atoms. The van der Waals surface area contributed by atoms with E-state index in [0.717, 1.165) is 109 Å². The second kappa shape index (κ2) is 51.8. The number of hydrogen-bond acceptors (Lipinski definition) is 6. The molecule has 406 valence electrons. The van der Waals surface area contributed by atoms with Gasteiger partial charge in [-0.05, 0) is 89.9 Å². The molecule has 0 aliphatic rings. The van der Waals surface area contributed by atoms with E-state index in [1.54, 1.807) is 0 Å². The minimum atomic E-state index is -4.57. The molecule has 0 fully saturated rings.